The maximum Gasteiger partial charge on any atom is 0.253 e. The summed E-state index contributed by atoms with van der Waals surface area (Å²) in [4.78, 5) is 25.6. The maximum absolute atomic E-state index is 13.0. The lowest BCUT2D eigenvalue weighted by atomic mass is 9.98. The molecule has 1 aliphatic rings. The summed E-state index contributed by atoms with van der Waals surface area (Å²) in [5.41, 5.74) is 0.808. The Bertz CT molecular complexity index is 1060. The van der Waals surface area contributed by atoms with Crippen molar-refractivity contribution in [2.24, 2.45) is 5.92 Å². The Kier molecular flexibility index (Phi) is 8.28. The van der Waals surface area contributed by atoms with E-state index in [1.54, 1.807) is 24.3 Å². The number of carbonyl (C=O) groups excluding carboxylic acids is 2. The number of benzene rings is 2. The minimum atomic E-state index is -3.72. The Labute approximate surface area is 194 Å². The zero-order valence-electron chi connectivity index (χ0n) is 18.0. The van der Waals surface area contributed by atoms with E-state index in [-0.39, 0.29) is 23.3 Å². The van der Waals surface area contributed by atoms with E-state index >= 15 is 0 Å². The Hall–Kier alpha value is -2.42. The zero-order chi connectivity index (χ0) is 23.1. The number of hydrogen-bond donors (Lipinski definition) is 2. The van der Waals surface area contributed by atoms with Crippen molar-refractivity contribution in [1.82, 2.24) is 9.62 Å². The van der Waals surface area contributed by atoms with Gasteiger partial charge in [0.2, 0.25) is 15.9 Å². The van der Waals surface area contributed by atoms with Gasteiger partial charge in [-0.25, -0.2) is 8.42 Å². The molecule has 0 saturated carbocycles. The van der Waals surface area contributed by atoms with Crippen molar-refractivity contribution in [3.05, 3.63) is 59.1 Å². The van der Waals surface area contributed by atoms with Crippen LogP contribution in [0.25, 0.3) is 0 Å². The highest BCUT2D eigenvalue weighted by Gasteiger charge is 2.33. The fraction of sp³-hybridized carbons (Fsp3) is 0.391. The summed E-state index contributed by atoms with van der Waals surface area (Å²) in [7, 11) is -3.72. The minimum absolute atomic E-state index is 0.0850. The second kappa shape index (κ2) is 10.9. The number of halogens is 1. The first-order valence-electron chi connectivity index (χ1n) is 10.8. The van der Waals surface area contributed by atoms with E-state index < -0.39 is 15.9 Å². The van der Waals surface area contributed by atoms with Gasteiger partial charge >= 0.3 is 0 Å². The molecule has 0 aliphatic carbocycles. The van der Waals surface area contributed by atoms with Gasteiger partial charge < -0.3 is 10.6 Å². The number of hydrogen-bond acceptors (Lipinski definition) is 4. The molecule has 3 rings (SSSR count). The van der Waals surface area contributed by atoms with Crippen molar-refractivity contribution in [2.75, 3.05) is 25.0 Å². The van der Waals surface area contributed by atoms with E-state index in [2.05, 4.69) is 10.6 Å². The topological polar surface area (TPSA) is 95.6 Å². The van der Waals surface area contributed by atoms with Crippen LogP contribution >= 0.6 is 11.6 Å². The number of amides is 2. The first-order chi connectivity index (χ1) is 15.3. The van der Waals surface area contributed by atoms with Crippen molar-refractivity contribution >= 4 is 39.1 Å². The van der Waals surface area contributed by atoms with Crippen LogP contribution in [0, 0.1) is 5.92 Å². The zero-order valence-corrected chi connectivity index (χ0v) is 19.6. The molecule has 2 amide bonds. The Morgan fingerprint density at radius 1 is 1.12 bits per heavy atom. The SMILES string of the molecule is CCCCNC(=O)c1ccccc1NC(=O)C1CCCN(S(=O)(=O)c2ccc(Cl)cc2)C1. The Balaban J connectivity index is 1.70. The molecular weight excluding hydrogens is 450 g/mol. The van der Waals surface area contributed by atoms with E-state index in [1.165, 1.54) is 28.6 Å². The van der Waals surface area contributed by atoms with Crippen LogP contribution in [0.5, 0.6) is 0 Å². The van der Waals surface area contributed by atoms with E-state index in [0.717, 1.165) is 12.8 Å². The molecule has 0 spiro atoms. The van der Waals surface area contributed by atoms with Gasteiger partial charge in [0.1, 0.15) is 0 Å². The van der Waals surface area contributed by atoms with Gasteiger partial charge in [-0.2, -0.15) is 4.31 Å². The predicted octanol–water partition coefficient (Wildman–Crippen LogP) is 3.91. The second-order valence-electron chi connectivity index (χ2n) is 7.80. The average Bonchev–Trinajstić information content (AvgIpc) is 2.80. The summed E-state index contributed by atoms with van der Waals surface area (Å²) in [5, 5.41) is 6.14. The van der Waals surface area contributed by atoms with E-state index in [9.17, 15) is 18.0 Å². The lowest BCUT2D eigenvalue weighted by Gasteiger charge is -2.31. The monoisotopic (exact) mass is 477 g/mol. The molecule has 1 fully saturated rings. The van der Waals surface area contributed by atoms with E-state index in [0.29, 0.717) is 42.2 Å². The third-order valence-corrected chi connectivity index (χ3v) is 7.58. The Morgan fingerprint density at radius 2 is 1.84 bits per heavy atom. The smallest absolute Gasteiger partial charge is 0.253 e. The van der Waals surface area contributed by atoms with Gasteiger partial charge in [0.25, 0.3) is 5.91 Å². The van der Waals surface area contributed by atoms with Gasteiger partial charge in [-0.1, -0.05) is 37.1 Å². The number of piperidine rings is 1. The van der Waals surface area contributed by atoms with Crippen LogP contribution in [0.1, 0.15) is 43.0 Å². The number of sulfonamides is 1. The third kappa shape index (κ3) is 5.88. The number of anilines is 1. The number of unbranched alkanes of at least 4 members (excludes halogenated alkanes) is 1. The average molecular weight is 478 g/mol. The highest BCUT2D eigenvalue weighted by Crippen LogP contribution is 2.26. The molecule has 0 bridgehead atoms. The Morgan fingerprint density at radius 3 is 2.56 bits per heavy atom. The van der Waals surface area contributed by atoms with Gasteiger partial charge in [0, 0.05) is 24.7 Å². The maximum atomic E-state index is 13.0. The van der Waals surface area contributed by atoms with Crippen LogP contribution < -0.4 is 10.6 Å². The van der Waals surface area contributed by atoms with Gasteiger partial charge in [-0.3, -0.25) is 9.59 Å². The van der Waals surface area contributed by atoms with Crippen LogP contribution in [0.2, 0.25) is 5.02 Å². The summed E-state index contributed by atoms with van der Waals surface area (Å²) in [6, 6.07) is 12.8. The van der Waals surface area contributed by atoms with Crippen molar-refractivity contribution in [2.45, 2.75) is 37.5 Å². The van der Waals surface area contributed by atoms with Gasteiger partial charge in [0.05, 0.1) is 22.1 Å². The molecule has 32 heavy (non-hydrogen) atoms. The fourth-order valence-electron chi connectivity index (χ4n) is 3.63. The molecule has 0 aromatic heterocycles. The van der Waals surface area contributed by atoms with Crippen LogP contribution in [0.4, 0.5) is 5.69 Å². The van der Waals surface area contributed by atoms with Gasteiger partial charge in [0.15, 0.2) is 0 Å². The van der Waals surface area contributed by atoms with Crippen LogP contribution in [0.15, 0.2) is 53.4 Å². The predicted molar refractivity (Wildman–Crippen MR) is 125 cm³/mol. The van der Waals surface area contributed by atoms with Crippen LogP contribution in [-0.4, -0.2) is 44.2 Å². The van der Waals surface area contributed by atoms with Crippen LogP contribution in [0.3, 0.4) is 0 Å². The number of nitrogens with one attached hydrogen (secondary N) is 2. The van der Waals surface area contributed by atoms with Crippen LogP contribution in [-0.2, 0) is 14.8 Å². The fourth-order valence-corrected chi connectivity index (χ4v) is 5.28. The molecule has 2 aromatic rings. The molecule has 1 aliphatic heterocycles. The molecule has 172 valence electrons. The molecule has 1 unspecified atom stereocenters. The molecule has 1 saturated heterocycles. The standard InChI is InChI=1S/C23H28ClN3O4S/c1-2-3-14-25-23(29)20-8-4-5-9-21(20)26-22(28)17-7-6-15-27(16-17)32(30,31)19-12-10-18(24)11-13-19/h4-5,8-13,17H,2-3,6-7,14-16H2,1H3,(H,25,29)(H,26,28). The first-order valence-corrected chi connectivity index (χ1v) is 12.6. The summed E-state index contributed by atoms with van der Waals surface area (Å²) in [5.74, 6) is -1.05. The number of nitrogens with zero attached hydrogens (tertiary/aromatic N) is 1. The van der Waals surface area contributed by atoms with E-state index in [4.69, 9.17) is 11.6 Å². The van der Waals surface area contributed by atoms with Crippen molar-refractivity contribution in [3.8, 4) is 0 Å². The molecule has 2 aromatic carbocycles. The van der Waals surface area contributed by atoms with Gasteiger partial charge in [-0.15, -0.1) is 0 Å². The summed E-state index contributed by atoms with van der Waals surface area (Å²) < 4.78 is 27.3. The lowest BCUT2D eigenvalue weighted by molar-refractivity contribution is -0.120. The lowest BCUT2D eigenvalue weighted by Crippen LogP contribution is -2.43. The highest BCUT2D eigenvalue weighted by molar-refractivity contribution is 7.89. The first kappa shape index (κ1) is 24.2. The quantitative estimate of drug-likeness (QED) is 0.563. The molecule has 1 atom stereocenters. The number of carbonyl (C=O) groups is 2. The van der Waals surface area contributed by atoms with Crippen molar-refractivity contribution in [1.29, 1.82) is 0 Å². The number of para-hydroxylation sites is 1. The molecule has 9 heteroatoms. The summed E-state index contributed by atoms with van der Waals surface area (Å²) in [6.45, 7) is 3.05. The van der Waals surface area contributed by atoms with Gasteiger partial charge in [-0.05, 0) is 55.7 Å². The molecular formula is C23H28ClN3O4S. The normalized spacial score (nSPS) is 17.0. The minimum Gasteiger partial charge on any atom is -0.352 e. The largest absolute Gasteiger partial charge is 0.352 e. The van der Waals surface area contributed by atoms with Crippen molar-refractivity contribution < 1.29 is 18.0 Å². The molecule has 1 heterocycles. The van der Waals surface area contributed by atoms with Crippen molar-refractivity contribution in [3.63, 3.8) is 0 Å². The number of rotatable bonds is 8. The van der Waals surface area contributed by atoms with E-state index in [1.807, 2.05) is 6.92 Å². The summed E-state index contributed by atoms with van der Waals surface area (Å²) in [6.07, 6.45) is 2.99. The second-order valence-corrected chi connectivity index (χ2v) is 10.2. The third-order valence-electron chi connectivity index (χ3n) is 5.45. The molecule has 2 N–H and O–H groups in total. The summed E-state index contributed by atoms with van der Waals surface area (Å²) >= 11 is 5.87. The molecule has 7 nitrogen and oxygen atoms in total. The highest BCUT2D eigenvalue weighted by atomic mass is 35.5. The molecule has 0 radical (unpaired) electrons.